The zero-order valence-electron chi connectivity index (χ0n) is 7.86. The smallest absolute Gasteiger partial charge is 0.308 e. The molecular formula is C9H12N2O2S. The molecule has 5 heteroatoms. The second-order valence-electron chi connectivity index (χ2n) is 3.50. The summed E-state index contributed by atoms with van der Waals surface area (Å²) < 4.78 is 0. The molecule has 0 aliphatic carbocycles. The molecule has 2 rings (SSSR count). The molecule has 1 aliphatic heterocycles. The number of nitrogens with one attached hydrogen (secondary N) is 1. The van der Waals surface area contributed by atoms with Gasteiger partial charge >= 0.3 is 5.97 Å². The summed E-state index contributed by atoms with van der Waals surface area (Å²) in [7, 11) is 0. The maximum absolute atomic E-state index is 10.9. The van der Waals surface area contributed by atoms with Crippen LogP contribution >= 0.6 is 11.3 Å². The van der Waals surface area contributed by atoms with Crippen LogP contribution in [-0.2, 0) is 4.79 Å². The minimum absolute atomic E-state index is 0.0393. The number of rotatable bonds is 2. The maximum atomic E-state index is 10.9. The van der Waals surface area contributed by atoms with Gasteiger partial charge in [0, 0.05) is 24.4 Å². The third-order valence-corrected chi connectivity index (χ3v) is 3.34. The Morgan fingerprint density at radius 3 is 3.07 bits per heavy atom. The molecule has 1 aliphatic rings. The Morgan fingerprint density at radius 1 is 1.71 bits per heavy atom. The predicted octanol–water partition coefficient (Wildman–Crippen LogP) is 0.839. The molecular weight excluding hydrogens is 200 g/mol. The number of aliphatic carboxylic acids is 1. The van der Waals surface area contributed by atoms with Crippen molar-refractivity contribution in [2.45, 2.75) is 12.8 Å². The predicted molar refractivity (Wildman–Crippen MR) is 53.6 cm³/mol. The van der Waals surface area contributed by atoms with Crippen molar-refractivity contribution >= 4 is 17.3 Å². The van der Waals surface area contributed by atoms with Gasteiger partial charge in [0.05, 0.1) is 16.6 Å². The molecule has 0 saturated carbocycles. The fraction of sp³-hybridized carbons (Fsp3) is 0.556. The van der Waals surface area contributed by atoms with Crippen LogP contribution in [0, 0.1) is 12.8 Å². The van der Waals surface area contributed by atoms with Crippen molar-refractivity contribution in [3.05, 3.63) is 16.1 Å². The zero-order valence-corrected chi connectivity index (χ0v) is 8.67. The molecule has 0 amide bonds. The topological polar surface area (TPSA) is 62.2 Å². The molecule has 76 valence electrons. The van der Waals surface area contributed by atoms with Crippen molar-refractivity contribution in [3.8, 4) is 0 Å². The molecule has 2 heterocycles. The SMILES string of the molecule is Cc1nc(C2CNCC2C(=O)O)cs1. The lowest BCUT2D eigenvalue weighted by atomic mass is 9.94. The largest absolute Gasteiger partial charge is 0.481 e. The van der Waals surface area contributed by atoms with Crippen molar-refractivity contribution in [1.82, 2.24) is 10.3 Å². The number of carboxylic acids is 1. The molecule has 2 N–H and O–H groups in total. The standard InChI is InChI=1S/C9H12N2O2S/c1-5-11-8(4-14-5)6-2-10-3-7(6)9(12)13/h4,6-7,10H,2-3H2,1H3,(H,12,13). The van der Waals surface area contributed by atoms with Gasteiger partial charge in [-0.2, -0.15) is 0 Å². The van der Waals surface area contributed by atoms with Gasteiger partial charge in [-0.25, -0.2) is 4.98 Å². The second-order valence-corrected chi connectivity index (χ2v) is 4.56. The number of hydrogen-bond acceptors (Lipinski definition) is 4. The van der Waals surface area contributed by atoms with Crippen molar-refractivity contribution in [1.29, 1.82) is 0 Å². The molecule has 2 atom stereocenters. The number of nitrogens with zero attached hydrogens (tertiary/aromatic N) is 1. The van der Waals surface area contributed by atoms with Gasteiger partial charge in [-0.05, 0) is 6.92 Å². The van der Waals surface area contributed by atoms with Crippen LogP contribution in [0.1, 0.15) is 16.6 Å². The van der Waals surface area contributed by atoms with Gasteiger partial charge in [-0.1, -0.05) is 0 Å². The number of carbonyl (C=O) groups is 1. The first kappa shape index (κ1) is 9.61. The van der Waals surface area contributed by atoms with Crippen LogP contribution in [0.5, 0.6) is 0 Å². The summed E-state index contributed by atoms with van der Waals surface area (Å²) in [4.78, 5) is 15.3. The summed E-state index contributed by atoms with van der Waals surface area (Å²) in [5.41, 5.74) is 0.921. The first-order valence-electron chi connectivity index (χ1n) is 4.54. The van der Waals surface area contributed by atoms with Crippen molar-refractivity contribution in [3.63, 3.8) is 0 Å². The fourth-order valence-corrected chi connectivity index (χ4v) is 2.48. The third kappa shape index (κ3) is 1.65. The number of carboxylic acid groups (broad SMARTS) is 1. The van der Waals surface area contributed by atoms with Crippen LogP contribution in [0.2, 0.25) is 0 Å². The van der Waals surface area contributed by atoms with E-state index in [1.807, 2.05) is 12.3 Å². The summed E-state index contributed by atoms with van der Waals surface area (Å²) >= 11 is 1.57. The van der Waals surface area contributed by atoms with Crippen molar-refractivity contribution < 1.29 is 9.90 Å². The Labute approximate surface area is 86.0 Å². The number of aromatic nitrogens is 1. The van der Waals surface area contributed by atoms with E-state index in [0.29, 0.717) is 6.54 Å². The van der Waals surface area contributed by atoms with Gasteiger partial charge in [0.15, 0.2) is 0 Å². The second kappa shape index (κ2) is 3.67. The van der Waals surface area contributed by atoms with E-state index >= 15 is 0 Å². The van der Waals surface area contributed by atoms with Crippen LogP contribution in [0.4, 0.5) is 0 Å². The van der Waals surface area contributed by atoms with Gasteiger partial charge in [0.25, 0.3) is 0 Å². The molecule has 1 aromatic heterocycles. The van der Waals surface area contributed by atoms with E-state index < -0.39 is 5.97 Å². The Balaban J connectivity index is 2.21. The Hall–Kier alpha value is -0.940. The molecule has 4 nitrogen and oxygen atoms in total. The molecule has 0 aromatic carbocycles. The van der Waals surface area contributed by atoms with Crippen LogP contribution < -0.4 is 5.32 Å². The zero-order chi connectivity index (χ0) is 10.1. The van der Waals surface area contributed by atoms with Crippen LogP contribution in [0.3, 0.4) is 0 Å². The lowest BCUT2D eigenvalue weighted by Crippen LogP contribution is -2.21. The van der Waals surface area contributed by atoms with E-state index in [4.69, 9.17) is 5.11 Å². The third-order valence-electron chi connectivity index (χ3n) is 2.55. The molecule has 2 unspecified atom stereocenters. The summed E-state index contributed by atoms with van der Waals surface area (Å²) in [6.45, 7) is 3.21. The highest BCUT2D eigenvalue weighted by Crippen LogP contribution is 2.28. The Kier molecular flexibility index (Phi) is 2.52. The maximum Gasteiger partial charge on any atom is 0.308 e. The summed E-state index contributed by atoms with van der Waals surface area (Å²) in [5, 5.41) is 15.0. The fourth-order valence-electron chi connectivity index (χ4n) is 1.80. The minimum Gasteiger partial charge on any atom is -0.481 e. The first-order valence-corrected chi connectivity index (χ1v) is 5.42. The average molecular weight is 212 g/mol. The highest BCUT2D eigenvalue weighted by Gasteiger charge is 2.35. The summed E-state index contributed by atoms with van der Waals surface area (Å²) in [5.74, 6) is -1.01. The van der Waals surface area contributed by atoms with Gasteiger partial charge in [-0.3, -0.25) is 4.79 Å². The lowest BCUT2D eigenvalue weighted by Gasteiger charge is -2.11. The summed E-state index contributed by atoms with van der Waals surface area (Å²) in [6, 6.07) is 0. The van der Waals surface area contributed by atoms with Gasteiger partial charge in [0.2, 0.25) is 0 Å². The molecule has 0 radical (unpaired) electrons. The first-order chi connectivity index (χ1) is 6.68. The van der Waals surface area contributed by atoms with E-state index in [1.165, 1.54) is 0 Å². The van der Waals surface area contributed by atoms with E-state index in [9.17, 15) is 4.79 Å². The number of aryl methyl sites for hydroxylation is 1. The van der Waals surface area contributed by atoms with E-state index in [1.54, 1.807) is 11.3 Å². The molecule has 0 bridgehead atoms. The van der Waals surface area contributed by atoms with Crippen LogP contribution in [-0.4, -0.2) is 29.1 Å². The minimum atomic E-state index is -0.731. The van der Waals surface area contributed by atoms with Crippen LogP contribution in [0.15, 0.2) is 5.38 Å². The lowest BCUT2D eigenvalue weighted by molar-refractivity contribution is -0.141. The average Bonchev–Trinajstić information content (AvgIpc) is 2.70. The normalized spacial score (nSPS) is 26.6. The van der Waals surface area contributed by atoms with Gasteiger partial charge < -0.3 is 10.4 Å². The molecule has 14 heavy (non-hydrogen) atoms. The highest BCUT2D eigenvalue weighted by molar-refractivity contribution is 7.09. The highest BCUT2D eigenvalue weighted by atomic mass is 32.1. The van der Waals surface area contributed by atoms with E-state index in [0.717, 1.165) is 17.2 Å². The van der Waals surface area contributed by atoms with E-state index in [2.05, 4.69) is 10.3 Å². The Morgan fingerprint density at radius 2 is 2.50 bits per heavy atom. The molecule has 1 fully saturated rings. The van der Waals surface area contributed by atoms with Gasteiger partial charge in [-0.15, -0.1) is 11.3 Å². The van der Waals surface area contributed by atoms with Crippen molar-refractivity contribution in [2.24, 2.45) is 5.92 Å². The molecule has 1 aromatic rings. The van der Waals surface area contributed by atoms with E-state index in [-0.39, 0.29) is 11.8 Å². The molecule has 0 spiro atoms. The Bertz CT molecular complexity index is 350. The number of hydrogen-bond donors (Lipinski definition) is 2. The van der Waals surface area contributed by atoms with Crippen molar-refractivity contribution in [2.75, 3.05) is 13.1 Å². The van der Waals surface area contributed by atoms with Crippen LogP contribution in [0.25, 0.3) is 0 Å². The summed E-state index contributed by atoms with van der Waals surface area (Å²) in [6.07, 6.45) is 0. The monoisotopic (exact) mass is 212 g/mol. The van der Waals surface area contributed by atoms with Gasteiger partial charge in [0.1, 0.15) is 0 Å². The molecule has 1 saturated heterocycles. The quantitative estimate of drug-likeness (QED) is 0.762. The number of thiazole rings is 1.